The van der Waals surface area contributed by atoms with Crippen molar-refractivity contribution in [1.82, 2.24) is 4.98 Å². The highest BCUT2D eigenvalue weighted by Crippen LogP contribution is 2.33. The van der Waals surface area contributed by atoms with Crippen LogP contribution in [-0.4, -0.2) is 22.8 Å². The summed E-state index contributed by atoms with van der Waals surface area (Å²) >= 11 is 0. The van der Waals surface area contributed by atoms with Crippen LogP contribution in [0.4, 0.5) is 0 Å². The minimum absolute atomic E-state index is 0.148. The average Bonchev–Trinajstić information content (AvgIpc) is 2.55. The fourth-order valence-corrected chi connectivity index (χ4v) is 3.04. The van der Waals surface area contributed by atoms with E-state index in [0.717, 1.165) is 30.7 Å². The Bertz CT molecular complexity index is 570. The molecule has 2 unspecified atom stereocenters. The van der Waals surface area contributed by atoms with Crippen molar-refractivity contribution >= 4 is 0 Å². The molecule has 0 saturated carbocycles. The second kappa shape index (κ2) is 6.72. The highest BCUT2D eigenvalue weighted by molar-refractivity contribution is 5.27. The Labute approximate surface area is 125 Å². The quantitative estimate of drug-likeness (QED) is 0.915. The highest BCUT2D eigenvalue weighted by atomic mass is 16.5. The van der Waals surface area contributed by atoms with Crippen LogP contribution < -0.4 is 4.74 Å². The molecular weight excluding hydrogens is 262 g/mol. The molecule has 2 atom stereocenters. The van der Waals surface area contributed by atoms with Crippen molar-refractivity contribution in [2.75, 3.05) is 6.61 Å². The molecule has 0 fully saturated rings. The van der Waals surface area contributed by atoms with Gasteiger partial charge in [-0.1, -0.05) is 24.3 Å². The number of ether oxygens (including phenoxy) is 1. The van der Waals surface area contributed by atoms with E-state index in [2.05, 4.69) is 11.1 Å². The maximum absolute atomic E-state index is 10.5. The fraction of sp³-hybridized carbons (Fsp3) is 0.389. The van der Waals surface area contributed by atoms with Gasteiger partial charge in [-0.25, -0.2) is 0 Å². The smallest absolute Gasteiger partial charge is 0.119 e. The number of rotatable bonds is 5. The van der Waals surface area contributed by atoms with Crippen molar-refractivity contribution in [1.29, 1.82) is 0 Å². The van der Waals surface area contributed by atoms with Gasteiger partial charge in [-0.15, -0.1) is 0 Å². The van der Waals surface area contributed by atoms with Crippen molar-refractivity contribution in [2.45, 2.75) is 37.7 Å². The molecule has 1 aliphatic carbocycles. The number of aliphatic hydroxyl groups is 1. The van der Waals surface area contributed by atoms with Gasteiger partial charge in [0.15, 0.2) is 0 Å². The summed E-state index contributed by atoms with van der Waals surface area (Å²) < 4.78 is 5.68. The minimum atomic E-state index is -0.386. The summed E-state index contributed by atoms with van der Waals surface area (Å²) in [4.78, 5) is 4.49. The first-order chi connectivity index (χ1) is 10.3. The third kappa shape index (κ3) is 3.42. The number of benzene rings is 1. The standard InChI is InChI=1S/C18H21NO2/c20-17(11-13-21-15-8-2-1-3-9-15)16-10-4-6-14-7-5-12-19-18(14)16/h1-3,5,7-9,12,16-17,20H,4,6,10-11,13H2. The summed E-state index contributed by atoms with van der Waals surface area (Å²) in [5.41, 5.74) is 2.37. The number of aliphatic hydroxyl groups excluding tert-OH is 1. The summed E-state index contributed by atoms with van der Waals surface area (Å²) in [5, 5.41) is 10.5. The van der Waals surface area contributed by atoms with Gasteiger partial charge in [-0.2, -0.15) is 0 Å². The normalized spacial score (nSPS) is 18.8. The second-order valence-corrected chi connectivity index (χ2v) is 5.56. The first kappa shape index (κ1) is 14.1. The number of aromatic nitrogens is 1. The molecular formula is C18H21NO2. The molecule has 0 radical (unpaired) electrons. The summed E-state index contributed by atoms with van der Waals surface area (Å²) in [6, 6.07) is 13.8. The molecule has 1 aliphatic rings. The number of pyridine rings is 1. The monoisotopic (exact) mass is 283 g/mol. The number of aryl methyl sites for hydroxylation is 1. The zero-order chi connectivity index (χ0) is 14.5. The van der Waals surface area contributed by atoms with Crippen molar-refractivity contribution in [2.24, 2.45) is 0 Å². The van der Waals surface area contributed by atoms with E-state index in [1.165, 1.54) is 5.56 Å². The van der Waals surface area contributed by atoms with Crippen LogP contribution in [0.5, 0.6) is 5.75 Å². The lowest BCUT2D eigenvalue weighted by molar-refractivity contribution is 0.104. The molecule has 3 heteroatoms. The maximum Gasteiger partial charge on any atom is 0.119 e. The van der Waals surface area contributed by atoms with Gasteiger partial charge in [0.1, 0.15) is 5.75 Å². The summed E-state index contributed by atoms with van der Waals surface area (Å²) in [6.45, 7) is 0.532. The lowest BCUT2D eigenvalue weighted by atomic mass is 9.82. The molecule has 3 nitrogen and oxygen atoms in total. The van der Waals surface area contributed by atoms with E-state index in [4.69, 9.17) is 4.74 Å². The van der Waals surface area contributed by atoms with E-state index in [-0.39, 0.29) is 12.0 Å². The van der Waals surface area contributed by atoms with E-state index in [1.54, 1.807) is 0 Å². The predicted octanol–water partition coefficient (Wildman–Crippen LogP) is 3.33. The van der Waals surface area contributed by atoms with Gasteiger partial charge in [0.25, 0.3) is 0 Å². The summed E-state index contributed by atoms with van der Waals surface area (Å²) in [7, 11) is 0. The lowest BCUT2D eigenvalue weighted by Crippen LogP contribution is -2.25. The highest BCUT2D eigenvalue weighted by Gasteiger charge is 2.27. The first-order valence-corrected chi connectivity index (χ1v) is 7.64. The van der Waals surface area contributed by atoms with Crippen molar-refractivity contribution in [3.05, 3.63) is 59.9 Å². The van der Waals surface area contributed by atoms with Gasteiger partial charge in [-0.05, 0) is 43.0 Å². The van der Waals surface area contributed by atoms with Crippen LogP contribution in [0.2, 0.25) is 0 Å². The van der Waals surface area contributed by atoms with E-state index in [0.29, 0.717) is 13.0 Å². The lowest BCUT2D eigenvalue weighted by Gasteiger charge is -2.28. The van der Waals surface area contributed by atoms with Crippen LogP contribution in [0.15, 0.2) is 48.7 Å². The van der Waals surface area contributed by atoms with E-state index < -0.39 is 0 Å². The molecule has 1 aromatic carbocycles. The molecule has 110 valence electrons. The van der Waals surface area contributed by atoms with Gasteiger partial charge in [0.2, 0.25) is 0 Å². The number of para-hydroxylation sites is 1. The number of hydrogen-bond acceptors (Lipinski definition) is 3. The van der Waals surface area contributed by atoms with E-state index in [1.807, 2.05) is 42.6 Å². The topological polar surface area (TPSA) is 42.4 Å². The van der Waals surface area contributed by atoms with Gasteiger partial charge in [0, 0.05) is 24.2 Å². The van der Waals surface area contributed by atoms with Crippen LogP contribution in [-0.2, 0) is 6.42 Å². The summed E-state index contributed by atoms with van der Waals surface area (Å²) in [5.74, 6) is 1.00. The van der Waals surface area contributed by atoms with Crippen molar-refractivity contribution < 1.29 is 9.84 Å². The molecule has 1 aromatic heterocycles. The molecule has 1 N–H and O–H groups in total. The van der Waals surface area contributed by atoms with Gasteiger partial charge in [0.05, 0.1) is 12.7 Å². The third-order valence-electron chi connectivity index (χ3n) is 4.13. The largest absolute Gasteiger partial charge is 0.493 e. The zero-order valence-electron chi connectivity index (χ0n) is 12.1. The van der Waals surface area contributed by atoms with Crippen molar-refractivity contribution in [3.8, 4) is 5.75 Å². The number of hydrogen-bond donors (Lipinski definition) is 1. The van der Waals surface area contributed by atoms with Crippen LogP contribution >= 0.6 is 0 Å². The Morgan fingerprint density at radius 1 is 1.19 bits per heavy atom. The molecule has 3 rings (SSSR count). The van der Waals surface area contributed by atoms with Gasteiger partial charge in [-0.3, -0.25) is 4.98 Å². The molecule has 21 heavy (non-hydrogen) atoms. The average molecular weight is 283 g/mol. The first-order valence-electron chi connectivity index (χ1n) is 7.64. The SMILES string of the molecule is OC(CCOc1ccccc1)C1CCCc2cccnc21. The summed E-state index contributed by atoms with van der Waals surface area (Å²) in [6.07, 6.45) is 5.28. The molecule has 0 spiro atoms. The molecule has 1 heterocycles. The maximum atomic E-state index is 10.5. The van der Waals surface area contributed by atoms with Crippen LogP contribution in [0.1, 0.15) is 36.4 Å². The number of fused-ring (bicyclic) bond motifs is 1. The number of nitrogens with zero attached hydrogens (tertiary/aromatic N) is 1. The van der Waals surface area contributed by atoms with Crippen LogP contribution in [0, 0.1) is 0 Å². The van der Waals surface area contributed by atoms with Gasteiger partial charge >= 0.3 is 0 Å². The Balaban J connectivity index is 1.58. The van der Waals surface area contributed by atoms with Gasteiger partial charge < -0.3 is 9.84 Å². The molecule has 0 bridgehead atoms. The molecule has 0 aliphatic heterocycles. The van der Waals surface area contributed by atoms with Crippen molar-refractivity contribution in [3.63, 3.8) is 0 Å². The van der Waals surface area contributed by atoms with Crippen LogP contribution in [0.3, 0.4) is 0 Å². The molecule has 0 amide bonds. The second-order valence-electron chi connectivity index (χ2n) is 5.56. The molecule has 0 saturated heterocycles. The Hall–Kier alpha value is -1.87. The van der Waals surface area contributed by atoms with E-state index in [9.17, 15) is 5.11 Å². The third-order valence-corrected chi connectivity index (χ3v) is 4.13. The van der Waals surface area contributed by atoms with Crippen LogP contribution in [0.25, 0.3) is 0 Å². The van der Waals surface area contributed by atoms with E-state index >= 15 is 0 Å². The Kier molecular flexibility index (Phi) is 4.51. The predicted molar refractivity (Wildman–Crippen MR) is 82.5 cm³/mol. The minimum Gasteiger partial charge on any atom is -0.493 e. The molecule has 2 aromatic rings. The fourth-order valence-electron chi connectivity index (χ4n) is 3.04. The Morgan fingerprint density at radius 2 is 2.05 bits per heavy atom. The zero-order valence-corrected chi connectivity index (χ0v) is 12.1. The Morgan fingerprint density at radius 3 is 2.90 bits per heavy atom.